The third kappa shape index (κ3) is 4.21. The Labute approximate surface area is 122 Å². The molecular weight excluding hydrogens is 246 g/mol. The van der Waals surface area contributed by atoms with Crippen molar-refractivity contribution in [3.8, 4) is 6.07 Å². The average molecular weight is 269 g/mol. The molecule has 0 unspecified atom stereocenters. The van der Waals surface area contributed by atoms with Gasteiger partial charge in [-0.1, -0.05) is 18.2 Å². The molecule has 1 aliphatic carbocycles. The van der Waals surface area contributed by atoms with E-state index in [1.807, 2.05) is 18.2 Å². The Morgan fingerprint density at radius 1 is 1.20 bits per heavy atom. The Morgan fingerprint density at radius 3 is 2.50 bits per heavy atom. The van der Waals surface area contributed by atoms with Crippen molar-refractivity contribution in [3.05, 3.63) is 48.0 Å². The van der Waals surface area contributed by atoms with Gasteiger partial charge in [0.1, 0.15) is 0 Å². The third-order valence-electron chi connectivity index (χ3n) is 4.18. The second-order valence-corrected chi connectivity index (χ2v) is 5.60. The van der Waals surface area contributed by atoms with Gasteiger partial charge in [0.05, 0.1) is 18.2 Å². The summed E-state index contributed by atoms with van der Waals surface area (Å²) in [4.78, 5) is 0. The molecule has 0 atom stereocenters. The Bertz CT molecular complexity index is 449. The molecule has 0 aliphatic heterocycles. The molecule has 0 radical (unpaired) electrons. The minimum absolute atomic E-state index is 0.659. The molecule has 0 saturated heterocycles. The van der Waals surface area contributed by atoms with Gasteiger partial charge in [-0.2, -0.15) is 5.26 Å². The third-order valence-corrected chi connectivity index (χ3v) is 4.18. The number of hydrogen-bond acceptors (Lipinski definition) is 2. The molecule has 0 aromatic heterocycles. The lowest BCUT2D eigenvalue weighted by Crippen LogP contribution is -2.18. The van der Waals surface area contributed by atoms with Crippen molar-refractivity contribution in [3.63, 3.8) is 0 Å². The van der Waals surface area contributed by atoms with Crippen molar-refractivity contribution in [2.45, 2.75) is 38.0 Å². The largest absolute Gasteiger partial charge is 0.381 e. The maximum atomic E-state index is 8.82. The van der Waals surface area contributed by atoms with Crippen molar-refractivity contribution in [2.75, 3.05) is 13.2 Å². The Kier molecular flexibility index (Phi) is 5.83. The number of nitriles is 1. The highest BCUT2D eigenvalue weighted by molar-refractivity contribution is 5.33. The summed E-state index contributed by atoms with van der Waals surface area (Å²) in [6.07, 6.45) is 7.82. The van der Waals surface area contributed by atoms with Gasteiger partial charge in [-0.05, 0) is 61.6 Å². The van der Waals surface area contributed by atoms with Gasteiger partial charge in [0, 0.05) is 6.61 Å². The maximum absolute atomic E-state index is 8.82. The van der Waals surface area contributed by atoms with Crippen LogP contribution >= 0.6 is 0 Å². The number of benzene rings is 1. The Balaban J connectivity index is 1.76. The standard InChI is InChI=1S/C18H23NO/c1-2-3-12-20-14-16-6-10-18(11-7-16)17-8-4-15(13-19)5-9-17/h2,4-5,8-9,16,18H,1,3,6-7,10-12,14H2/t16-,18-. The van der Waals surface area contributed by atoms with Crippen LogP contribution in [-0.2, 0) is 4.74 Å². The highest BCUT2D eigenvalue weighted by Crippen LogP contribution is 2.35. The van der Waals surface area contributed by atoms with Crippen LogP contribution in [0.5, 0.6) is 0 Å². The summed E-state index contributed by atoms with van der Waals surface area (Å²) >= 11 is 0. The molecule has 106 valence electrons. The molecule has 0 amide bonds. The van der Waals surface area contributed by atoms with Crippen LogP contribution in [-0.4, -0.2) is 13.2 Å². The van der Waals surface area contributed by atoms with Crippen LogP contribution in [0.25, 0.3) is 0 Å². The van der Waals surface area contributed by atoms with E-state index in [-0.39, 0.29) is 0 Å². The normalized spacial score (nSPS) is 22.1. The minimum Gasteiger partial charge on any atom is -0.381 e. The highest BCUT2D eigenvalue weighted by Gasteiger charge is 2.22. The molecule has 2 nitrogen and oxygen atoms in total. The number of hydrogen-bond donors (Lipinski definition) is 0. The molecule has 2 rings (SSSR count). The summed E-state index contributed by atoms with van der Waals surface area (Å²) < 4.78 is 5.68. The van der Waals surface area contributed by atoms with Gasteiger partial charge in [0.25, 0.3) is 0 Å². The van der Waals surface area contributed by atoms with Gasteiger partial charge in [-0.3, -0.25) is 0 Å². The van der Waals surface area contributed by atoms with E-state index in [1.54, 1.807) is 0 Å². The summed E-state index contributed by atoms with van der Waals surface area (Å²) in [6.45, 7) is 5.40. The predicted octanol–water partition coefficient (Wildman–Crippen LogP) is 4.42. The zero-order valence-corrected chi connectivity index (χ0v) is 12.1. The summed E-state index contributed by atoms with van der Waals surface area (Å²) in [6, 6.07) is 10.3. The quantitative estimate of drug-likeness (QED) is 0.565. The highest BCUT2D eigenvalue weighted by atomic mass is 16.5. The predicted molar refractivity (Wildman–Crippen MR) is 81.5 cm³/mol. The summed E-state index contributed by atoms with van der Waals surface area (Å²) in [5.74, 6) is 1.38. The number of ether oxygens (including phenoxy) is 1. The molecule has 1 aromatic rings. The molecule has 1 aromatic carbocycles. The second kappa shape index (κ2) is 7.87. The zero-order valence-electron chi connectivity index (χ0n) is 12.1. The summed E-state index contributed by atoms with van der Waals surface area (Å²) in [5.41, 5.74) is 2.13. The summed E-state index contributed by atoms with van der Waals surface area (Å²) in [7, 11) is 0. The minimum atomic E-state index is 0.659. The monoisotopic (exact) mass is 269 g/mol. The molecule has 0 spiro atoms. The van der Waals surface area contributed by atoms with Crippen LogP contribution in [0.15, 0.2) is 36.9 Å². The number of rotatable bonds is 6. The van der Waals surface area contributed by atoms with Crippen LogP contribution in [0.2, 0.25) is 0 Å². The molecule has 1 fully saturated rings. The molecule has 0 bridgehead atoms. The van der Waals surface area contributed by atoms with Crippen LogP contribution in [0.4, 0.5) is 0 Å². The van der Waals surface area contributed by atoms with E-state index in [2.05, 4.69) is 24.8 Å². The first kappa shape index (κ1) is 14.8. The Hall–Kier alpha value is -1.59. The van der Waals surface area contributed by atoms with Crippen molar-refractivity contribution >= 4 is 0 Å². The molecule has 1 saturated carbocycles. The second-order valence-electron chi connectivity index (χ2n) is 5.60. The average Bonchev–Trinajstić information content (AvgIpc) is 2.52. The van der Waals surface area contributed by atoms with Gasteiger partial charge >= 0.3 is 0 Å². The molecule has 0 N–H and O–H groups in total. The summed E-state index contributed by atoms with van der Waals surface area (Å²) in [5, 5.41) is 8.82. The lowest BCUT2D eigenvalue weighted by atomic mass is 9.79. The lowest BCUT2D eigenvalue weighted by molar-refractivity contribution is 0.0859. The topological polar surface area (TPSA) is 33.0 Å². The van der Waals surface area contributed by atoms with Crippen molar-refractivity contribution in [1.82, 2.24) is 0 Å². The van der Waals surface area contributed by atoms with Gasteiger partial charge in [0.15, 0.2) is 0 Å². The van der Waals surface area contributed by atoms with Gasteiger partial charge < -0.3 is 4.74 Å². The smallest absolute Gasteiger partial charge is 0.0991 e. The molecule has 20 heavy (non-hydrogen) atoms. The zero-order chi connectivity index (χ0) is 14.2. The van der Waals surface area contributed by atoms with E-state index < -0.39 is 0 Å². The van der Waals surface area contributed by atoms with Crippen LogP contribution in [0.3, 0.4) is 0 Å². The van der Waals surface area contributed by atoms with Crippen molar-refractivity contribution in [2.24, 2.45) is 5.92 Å². The van der Waals surface area contributed by atoms with E-state index >= 15 is 0 Å². The van der Waals surface area contributed by atoms with Gasteiger partial charge in [-0.25, -0.2) is 0 Å². The van der Waals surface area contributed by atoms with Crippen LogP contribution < -0.4 is 0 Å². The SMILES string of the molecule is C=CCCOC[C@H]1CC[C@H](c2ccc(C#N)cc2)CC1. The number of nitrogens with zero attached hydrogens (tertiary/aromatic N) is 1. The molecular formula is C18H23NO. The van der Waals surface area contributed by atoms with E-state index in [9.17, 15) is 0 Å². The molecule has 1 aliphatic rings. The first-order chi connectivity index (χ1) is 9.83. The maximum Gasteiger partial charge on any atom is 0.0991 e. The van der Waals surface area contributed by atoms with E-state index in [1.165, 1.54) is 31.2 Å². The first-order valence-corrected chi connectivity index (χ1v) is 7.52. The van der Waals surface area contributed by atoms with E-state index in [4.69, 9.17) is 10.00 Å². The van der Waals surface area contributed by atoms with Gasteiger partial charge in [-0.15, -0.1) is 6.58 Å². The fourth-order valence-electron chi connectivity index (χ4n) is 2.91. The van der Waals surface area contributed by atoms with Crippen LogP contribution in [0.1, 0.15) is 49.1 Å². The molecule has 2 heteroatoms. The molecule has 0 heterocycles. The fraction of sp³-hybridized carbons (Fsp3) is 0.500. The van der Waals surface area contributed by atoms with E-state index in [0.717, 1.165) is 31.1 Å². The first-order valence-electron chi connectivity index (χ1n) is 7.52. The van der Waals surface area contributed by atoms with Crippen LogP contribution in [0, 0.1) is 17.2 Å². The lowest BCUT2D eigenvalue weighted by Gasteiger charge is -2.28. The van der Waals surface area contributed by atoms with Crippen molar-refractivity contribution < 1.29 is 4.74 Å². The van der Waals surface area contributed by atoms with Crippen molar-refractivity contribution in [1.29, 1.82) is 5.26 Å². The van der Waals surface area contributed by atoms with Gasteiger partial charge in [0.2, 0.25) is 0 Å². The Morgan fingerprint density at radius 2 is 1.90 bits per heavy atom. The van der Waals surface area contributed by atoms with E-state index in [0.29, 0.717) is 5.92 Å². The fourth-order valence-corrected chi connectivity index (χ4v) is 2.91.